The van der Waals surface area contributed by atoms with Crippen LogP contribution >= 0.6 is 0 Å². The number of rotatable bonds is 5. The van der Waals surface area contributed by atoms with Crippen LogP contribution in [0.25, 0.3) is 11.1 Å². The van der Waals surface area contributed by atoms with Crippen molar-refractivity contribution in [1.82, 2.24) is 9.47 Å². The second kappa shape index (κ2) is 14.3. The molecule has 0 amide bonds. The van der Waals surface area contributed by atoms with E-state index in [2.05, 4.69) is 208 Å². The van der Waals surface area contributed by atoms with Crippen LogP contribution in [0.1, 0.15) is 91.5 Å². The predicted octanol–water partition coefficient (Wildman–Crippen LogP) is 14.1. The Bertz CT molecular complexity index is 2450. The SMILES string of the molecule is Cc1c(Oc2[c-]c3c(cc2)-c2ccccc2[N+]3(C)c2cc(C(C)(C)C)ccn2)cccc1N1c2ccccc2N(c2cc(C(C)(C)C)cc(C(C)(C)C)c2)C1C.[Pt]. The largest absolute Gasteiger partial charge is 0.483 e. The Morgan fingerprint density at radius 2 is 1.23 bits per heavy atom. The molecule has 6 aromatic rings. The maximum Gasteiger partial charge on any atom is 0.236 e. The molecule has 3 heterocycles. The monoisotopic (exact) mass is 935 g/mol. The fourth-order valence-corrected chi connectivity index (χ4v) is 8.46. The Labute approximate surface area is 355 Å². The van der Waals surface area contributed by atoms with Gasteiger partial charge in [-0.1, -0.05) is 116 Å². The van der Waals surface area contributed by atoms with Crippen LogP contribution in [-0.4, -0.2) is 18.2 Å². The first-order valence-corrected chi connectivity index (χ1v) is 20.0. The van der Waals surface area contributed by atoms with E-state index >= 15 is 0 Å². The van der Waals surface area contributed by atoms with Gasteiger partial charge in [-0.15, -0.1) is 6.07 Å². The van der Waals surface area contributed by atoms with Crippen LogP contribution in [0.4, 0.5) is 39.9 Å². The van der Waals surface area contributed by atoms with Crippen molar-refractivity contribution in [2.45, 2.75) is 98.6 Å². The summed E-state index contributed by atoms with van der Waals surface area (Å²) in [6, 6.07) is 43.4. The van der Waals surface area contributed by atoms with Gasteiger partial charge in [-0.3, -0.25) is 0 Å². The molecule has 2 aliphatic heterocycles. The summed E-state index contributed by atoms with van der Waals surface area (Å²) < 4.78 is 7.27. The molecule has 0 fully saturated rings. The zero-order valence-corrected chi connectivity index (χ0v) is 37.8. The van der Waals surface area contributed by atoms with Gasteiger partial charge in [0.25, 0.3) is 0 Å². The molecule has 57 heavy (non-hydrogen) atoms. The van der Waals surface area contributed by atoms with E-state index < -0.39 is 0 Å². The van der Waals surface area contributed by atoms with Crippen molar-refractivity contribution in [3.8, 4) is 22.6 Å². The molecule has 5 aromatic carbocycles. The van der Waals surface area contributed by atoms with Gasteiger partial charge in [0.05, 0.1) is 18.4 Å². The summed E-state index contributed by atoms with van der Waals surface area (Å²) in [7, 11) is 2.23. The number of anilines is 4. The number of benzene rings is 5. The molecule has 0 aliphatic carbocycles. The Hall–Kier alpha value is -4.70. The van der Waals surface area contributed by atoms with Gasteiger partial charge in [0, 0.05) is 61.7 Å². The van der Waals surface area contributed by atoms with E-state index in [4.69, 9.17) is 9.72 Å². The molecule has 0 saturated carbocycles. The maximum atomic E-state index is 6.86. The van der Waals surface area contributed by atoms with Crippen LogP contribution in [0.3, 0.4) is 0 Å². The third kappa shape index (κ3) is 6.91. The van der Waals surface area contributed by atoms with Crippen LogP contribution in [-0.2, 0) is 37.3 Å². The molecule has 1 aromatic heterocycles. The second-order valence-electron chi connectivity index (χ2n) is 18.9. The topological polar surface area (TPSA) is 28.6 Å². The van der Waals surface area contributed by atoms with Crippen molar-refractivity contribution in [3.05, 3.63) is 144 Å². The van der Waals surface area contributed by atoms with Crippen LogP contribution in [0, 0.1) is 13.0 Å². The van der Waals surface area contributed by atoms with E-state index in [0.29, 0.717) is 10.2 Å². The fourth-order valence-electron chi connectivity index (χ4n) is 8.46. The van der Waals surface area contributed by atoms with Crippen molar-refractivity contribution in [1.29, 1.82) is 0 Å². The van der Waals surface area contributed by atoms with E-state index in [9.17, 15) is 0 Å². The fraction of sp³-hybridized carbons (Fsp3) is 0.314. The molecule has 296 valence electrons. The first-order chi connectivity index (χ1) is 26.4. The van der Waals surface area contributed by atoms with Crippen molar-refractivity contribution in [2.24, 2.45) is 0 Å². The third-order valence-corrected chi connectivity index (χ3v) is 11.9. The Kier molecular flexibility index (Phi) is 10.2. The van der Waals surface area contributed by atoms with E-state index in [-0.39, 0.29) is 43.5 Å². The molecule has 0 saturated heterocycles. The molecule has 0 radical (unpaired) electrons. The van der Waals surface area contributed by atoms with Crippen molar-refractivity contribution < 1.29 is 25.8 Å². The predicted molar refractivity (Wildman–Crippen MR) is 236 cm³/mol. The number of quaternary nitrogens is 1. The summed E-state index contributed by atoms with van der Waals surface area (Å²) in [5, 5.41) is 0. The molecule has 0 spiro atoms. The minimum Gasteiger partial charge on any atom is -0.483 e. The van der Waals surface area contributed by atoms with Crippen molar-refractivity contribution in [3.63, 3.8) is 0 Å². The molecule has 6 heteroatoms. The molecule has 0 bridgehead atoms. The molecule has 5 nitrogen and oxygen atoms in total. The minimum atomic E-state index is -0.00759. The second-order valence-corrected chi connectivity index (χ2v) is 18.9. The van der Waals surface area contributed by atoms with E-state index in [0.717, 1.165) is 34.1 Å². The van der Waals surface area contributed by atoms with E-state index in [1.165, 1.54) is 45.0 Å². The van der Waals surface area contributed by atoms with Gasteiger partial charge in [0.2, 0.25) is 5.82 Å². The van der Waals surface area contributed by atoms with Crippen LogP contribution in [0.15, 0.2) is 115 Å². The van der Waals surface area contributed by atoms with Gasteiger partial charge in [-0.05, 0) is 101 Å². The average Bonchev–Trinajstić information content (AvgIpc) is 3.59. The van der Waals surface area contributed by atoms with E-state index in [1.807, 2.05) is 6.20 Å². The summed E-state index contributed by atoms with van der Waals surface area (Å²) in [5.74, 6) is 2.45. The number of fused-ring (bicyclic) bond motifs is 4. The molecular formula is C51H56N4OPt. The van der Waals surface area contributed by atoms with Gasteiger partial charge in [0.15, 0.2) is 0 Å². The zero-order valence-electron chi connectivity index (χ0n) is 35.6. The number of nitrogens with zero attached hydrogens (tertiary/aromatic N) is 4. The van der Waals surface area contributed by atoms with Crippen molar-refractivity contribution >= 4 is 39.9 Å². The average molecular weight is 936 g/mol. The molecule has 0 N–H and O–H groups in total. The number of pyridine rings is 1. The smallest absolute Gasteiger partial charge is 0.236 e. The Morgan fingerprint density at radius 3 is 1.88 bits per heavy atom. The third-order valence-electron chi connectivity index (χ3n) is 11.9. The molecular weight excluding hydrogens is 880 g/mol. The molecule has 2 atom stereocenters. The first kappa shape index (κ1) is 40.5. The first-order valence-electron chi connectivity index (χ1n) is 20.0. The number of hydrogen-bond donors (Lipinski definition) is 0. The normalized spacial score (nSPS) is 17.5. The summed E-state index contributed by atoms with van der Waals surface area (Å²) in [5.41, 5.74) is 14.3. The summed E-state index contributed by atoms with van der Waals surface area (Å²) in [4.78, 5) is 9.94. The van der Waals surface area contributed by atoms with Crippen molar-refractivity contribution in [2.75, 3.05) is 16.8 Å². The zero-order chi connectivity index (χ0) is 39.9. The van der Waals surface area contributed by atoms with Crippen LogP contribution in [0.5, 0.6) is 11.5 Å². The maximum absolute atomic E-state index is 6.86. The number of para-hydroxylation sites is 3. The number of aromatic nitrogens is 1. The summed E-state index contributed by atoms with van der Waals surface area (Å²) >= 11 is 0. The van der Waals surface area contributed by atoms with Crippen LogP contribution in [0.2, 0.25) is 0 Å². The summed E-state index contributed by atoms with van der Waals surface area (Å²) in [6.45, 7) is 25.1. The Morgan fingerprint density at radius 1 is 0.632 bits per heavy atom. The molecule has 2 aliphatic rings. The standard InChI is InChI=1S/C51H56N4O.Pt/c1-33-42(54-34(2)53(43-19-14-15-20-44(43)54)38-29-36(50(6,7)8)28-37(30-38)51(9,10)11)21-17-23-47(33)56-39-24-25-41-40-18-13-16-22-45(40)55(12,46(41)32-39)48-31-35(26-27-52-48)49(3,4)5;/h13-31,34H,1-12H3;. The van der Waals surface area contributed by atoms with Gasteiger partial charge in [-0.2, -0.15) is 6.07 Å². The number of hydrogen-bond acceptors (Lipinski definition) is 4. The van der Waals surface area contributed by atoms with E-state index in [1.54, 1.807) is 0 Å². The molecule has 2 unspecified atom stereocenters. The van der Waals surface area contributed by atoms with Crippen LogP contribution < -0.4 is 19.0 Å². The summed E-state index contributed by atoms with van der Waals surface area (Å²) in [6.07, 6.45) is 1.96. The van der Waals surface area contributed by atoms with Gasteiger partial charge in [-0.25, -0.2) is 9.47 Å². The van der Waals surface area contributed by atoms with Gasteiger partial charge < -0.3 is 14.5 Å². The van der Waals surface area contributed by atoms with Gasteiger partial charge >= 0.3 is 0 Å². The minimum absolute atomic E-state index is 0. The quantitative estimate of drug-likeness (QED) is 0.127. The molecule has 8 rings (SSSR count). The van der Waals surface area contributed by atoms with Gasteiger partial charge in [0.1, 0.15) is 17.6 Å². The number of ether oxygens (including phenoxy) is 1. The Balaban J connectivity index is 0.00000496.